The highest BCUT2D eigenvalue weighted by atomic mass is 35.5. The Kier molecular flexibility index (Phi) is 3.72. The van der Waals surface area contributed by atoms with E-state index in [0.717, 1.165) is 0 Å². The summed E-state index contributed by atoms with van der Waals surface area (Å²) in [6, 6.07) is 6.68. The number of carbonyl (C=O) groups is 2. The average Bonchev–Trinajstić information content (AvgIpc) is 2.26. The van der Waals surface area contributed by atoms with Gasteiger partial charge in [0, 0.05) is 25.0 Å². The molecule has 1 aliphatic heterocycles. The van der Waals surface area contributed by atoms with Crippen molar-refractivity contribution < 1.29 is 9.59 Å². The van der Waals surface area contributed by atoms with Crippen molar-refractivity contribution in [1.29, 1.82) is 5.26 Å². The maximum atomic E-state index is 11.9. The lowest BCUT2D eigenvalue weighted by Crippen LogP contribution is -2.53. The summed E-state index contributed by atoms with van der Waals surface area (Å²) in [5, 5.41) is 12.1. The van der Waals surface area contributed by atoms with E-state index in [-0.39, 0.29) is 17.7 Å². The van der Waals surface area contributed by atoms with E-state index in [0.29, 0.717) is 29.4 Å². The summed E-state index contributed by atoms with van der Waals surface area (Å²) in [6.07, 6.45) is 0. The Morgan fingerprint density at radius 1 is 1.47 bits per heavy atom. The van der Waals surface area contributed by atoms with Gasteiger partial charge in [-0.15, -0.1) is 0 Å². The molecule has 0 radical (unpaired) electrons. The van der Waals surface area contributed by atoms with Crippen LogP contribution < -0.4 is 5.32 Å². The molecule has 0 spiro atoms. The molecule has 1 aliphatic rings. The minimum atomic E-state index is -0.227. The lowest BCUT2D eigenvalue weighted by atomic mass is 9.99. The van der Waals surface area contributed by atoms with Crippen LogP contribution in [0.25, 0.3) is 0 Å². The third-order valence-corrected chi connectivity index (χ3v) is 3.29. The minimum Gasteiger partial charge on any atom is -0.341 e. The number of halogens is 1. The first-order chi connectivity index (χ1) is 9.01. The SMILES string of the molecule is CC(=O)N1CC(C(=O)Nc2cc(Cl)ccc2C#N)C1. The number of nitriles is 1. The highest BCUT2D eigenvalue weighted by molar-refractivity contribution is 6.31. The molecule has 0 saturated carbocycles. The molecule has 1 aromatic rings. The molecular weight excluding hydrogens is 266 g/mol. The van der Waals surface area contributed by atoms with E-state index >= 15 is 0 Å². The van der Waals surface area contributed by atoms with E-state index in [1.807, 2.05) is 6.07 Å². The van der Waals surface area contributed by atoms with E-state index in [1.54, 1.807) is 23.1 Å². The zero-order valence-corrected chi connectivity index (χ0v) is 11.1. The number of nitrogens with zero attached hydrogens (tertiary/aromatic N) is 2. The smallest absolute Gasteiger partial charge is 0.231 e. The predicted molar refractivity (Wildman–Crippen MR) is 70.5 cm³/mol. The van der Waals surface area contributed by atoms with Crippen molar-refractivity contribution in [3.05, 3.63) is 28.8 Å². The summed E-state index contributed by atoms with van der Waals surface area (Å²) < 4.78 is 0. The molecule has 1 fully saturated rings. The molecule has 0 aliphatic carbocycles. The summed E-state index contributed by atoms with van der Waals surface area (Å²) in [6.45, 7) is 2.31. The van der Waals surface area contributed by atoms with Gasteiger partial charge in [-0.1, -0.05) is 11.6 Å². The first-order valence-corrected chi connectivity index (χ1v) is 6.15. The molecule has 2 amide bonds. The van der Waals surface area contributed by atoms with Crippen molar-refractivity contribution in [2.24, 2.45) is 5.92 Å². The van der Waals surface area contributed by atoms with Crippen molar-refractivity contribution in [3.63, 3.8) is 0 Å². The van der Waals surface area contributed by atoms with Crippen LogP contribution in [0.2, 0.25) is 5.02 Å². The normalized spacial score (nSPS) is 14.5. The van der Waals surface area contributed by atoms with Gasteiger partial charge in [0.25, 0.3) is 0 Å². The van der Waals surface area contributed by atoms with Crippen LogP contribution in [0.1, 0.15) is 12.5 Å². The van der Waals surface area contributed by atoms with Gasteiger partial charge in [-0.2, -0.15) is 5.26 Å². The van der Waals surface area contributed by atoms with E-state index in [9.17, 15) is 9.59 Å². The standard InChI is InChI=1S/C13H12ClN3O2/c1-8(18)17-6-10(7-17)13(19)16-12-4-11(14)3-2-9(12)5-15/h2-4,10H,6-7H2,1H3,(H,16,19). The minimum absolute atomic E-state index is 0.0375. The lowest BCUT2D eigenvalue weighted by Gasteiger charge is -2.37. The maximum absolute atomic E-state index is 11.9. The van der Waals surface area contributed by atoms with Gasteiger partial charge in [-0.25, -0.2) is 0 Å². The summed E-state index contributed by atoms with van der Waals surface area (Å²) in [7, 11) is 0. The third-order valence-electron chi connectivity index (χ3n) is 3.06. The number of benzene rings is 1. The van der Waals surface area contributed by atoms with Gasteiger partial charge in [0.2, 0.25) is 11.8 Å². The fourth-order valence-corrected chi connectivity index (χ4v) is 2.03. The Balaban J connectivity index is 2.03. The number of anilines is 1. The summed E-state index contributed by atoms with van der Waals surface area (Å²) >= 11 is 5.84. The van der Waals surface area contributed by atoms with Crippen LogP contribution >= 0.6 is 11.6 Å². The molecule has 1 heterocycles. The van der Waals surface area contributed by atoms with Crippen LogP contribution in [0.15, 0.2) is 18.2 Å². The largest absolute Gasteiger partial charge is 0.341 e. The number of carbonyl (C=O) groups excluding carboxylic acids is 2. The monoisotopic (exact) mass is 277 g/mol. The molecule has 2 rings (SSSR count). The lowest BCUT2D eigenvalue weighted by molar-refractivity contribution is -0.139. The van der Waals surface area contributed by atoms with E-state index in [2.05, 4.69) is 5.32 Å². The highest BCUT2D eigenvalue weighted by Gasteiger charge is 2.34. The number of likely N-dealkylation sites (tertiary alicyclic amines) is 1. The molecule has 0 aromatic heterocycles. The first-order valence-electron chi connectivity index (χ1n) is 5.77. The number of hydrogen-bond acceptors (Lipinski definition) is 3. The van der Waals surface area contributed by atoms with Gasteiger partial charge in [-0.05, 0) is 18.2 Å². The summed E-state index contributed by atoms with van der Waals surface area (Å²) in [5.41, 5.74) is 0.766. The molecule has 0 atom stereocenters. The molecule has 0 bridgehead atoms. The van der Waals surface area contributed by atoms with E-state index < -0.39 is 0 Å². The zero-order valence-electron chi connectivity index (χ0n) is 10.3. The summed E-state index contributed by atoms with van der Waals surface area (Å²) in [5.74, 6) is -0.463. The zero-order chi connectivity index (χ0) is 14.0. The van der Waals surface area contributed by atoms with Gasteiger partial charge >= 0.3 is 0 Å². The Labute approximate surface area is 115 Å². The number of rotatable bonds is 2. The van der Waals surface area contributed by atoms with Crippen LogP contribution in [0, 0.1) is 17.2 Å². The number of nitrogens with one attached hydrogen (secondary N) is 1. The van der Waals surface area contributed by atoms with Crippen LogP contribution in [-0.2, 0) is 9.59 Å². The molecule has 19 heavy (non-hydrogen) atoms. The third kappa shape index (κ3) is 2.85. The number of hydrogen-bond donors (Lipinski definition) is 1. The van der Waals surface area contributed by atoms with E-state index in [1.165, 1.54) is 6.92 Å². The van der Waals surface area contributed by atoms with Crippen LogP contribution in [0.4, 0.5) is 5.69 Å². The molecular formula is C13H12ClN3O2. The van der Waals surface area contributed by atoms with Gasteiger partial charge in [-0.3, -0.25) is 9.59 Å². The number of amides is 2. The fraction of sp³-hybridized carbons (Fsp3) is 0.308. The molecule has 0 unspecified atom stereocenters. The molecule has 1 aromatic carbocycles. The molecule has 5 nitrogen and oxygen atoms in total. The Morgan fingerprint density at radius 2 is 2.16 bits per heavy atom. The average molecular weight is 278 g/mol. The van der Waals surface area contributed by atoms with Crippen molar-refractivity contribution in [3.8, 4) is 6.07 Å². The second-order valence-corrected chi connectivity index (χ2v) is 4.85. The Hall–Kier alpha value is -2.06. The van der Waals surface area contributed by atoms with Crippen molar-refractivity contribution in [2.45, 2.75) is 6.92 Å². The van der Waals surface area contributed by atoms with Crippen molar-refractivity contribution in [2.75, 3.05) is 18.4 Å². The summed E-state index contributed by atoms with van der Waals surface area (Å²) in [4.78, 5) is 24.6. The molecule has 1 N–H and O–H groups in total. The topological polar surface area (TPSA) is 73.2 Å². The first kappa shape index (κ1) is 13.4. The molecule has 1 saturated heterocycles. The maximum Gasteiger partial charge on any atom is 0.231 e. The highest BCUT2D eigenvalue weighted by Crippen LogP contribution is 2.23. The van der Waals surface area contributed by atoms with Gasteiger partial charge in [0.05, 0.1) is 17.2 Å². The van der Waals surface area contributed by atoms with Gasteiger partial charge < -0.3 is 10.2 Å². The van der Waals surface area contributed by atoms with Crippen LogP contribution in [0.3, 0.4) is 0 Å². The van der Waals surface area contributed by atoms with Gasteiger partial charge in [0.15, 0.2) is 0 Å². The van der Waals surface area contributed by atoms with Crippen molar-refractivity contribution >= 4 is 29.1 Å². The van der Waals surface area contributed by atoms with Gasteiger partial charge in [0.1, 0.15) is 6.07 Å². The second-order valence-electron chi connectivity index (χ2n) is 4.41. The van der Waals surface area contributed by atoms with Crippen molar-refractivity contribution in [1.82, 2.24) is 4.90 Å². The molecule has 98 valence electrons. The Morgan fingerprint density at radius 3 is 2.74 bits per heavy atom. The van der Waals surface area contributed by atoms with Crippen LogP contribution in [-0.4, -0.2) is 29.8 Å². The van der Waals surface area contributed by atoms with Crippen LogP contribution in [0.5, 0.6) is 0 Å². The quantitative estimate of drug-likeness (QED) is 0.893. The second kappa shape index (κ2) is 5.29. The Bertz CT molecular complexity index is 574. The predicted octanol–water partition coefficient (Wildman–Crippen LogP) is 1.63. The molecule has 6 heteroatoms. The van der Waals surface area contributed by atoms with E-state index in [4.69, 9.17) is 16.9 Å². The fourth-order valence-electron chi connectivity index (χ4n) is 1.85.